The van der Waals surface area contributed by atoms with Crippen LogP contribution in [-0.2, 0) is 12.8 Å². The van der Waals surface area contributed by atoms with Gasteiger partial charge in [0.2, 0.25) is 0 Å². The highest BCUT2D eigenvalue weighted by atomic mass is 35.5. The zero-order valence-electron chi connectivity index (χ0n) is 15.8. The van der Waals surface area contributed by atoms with E-state index in [1.807, 2.05) is 18.2 Å². The second-order valence-corrected chi connectivity index (χ2v) is 7.90. The number of likely N-dealkylation sites (N-methyl/N-ethyl adjacent to an activating group) is 1. The van der Waals surface area contributed by atoms with Crippen LogP contribution in [0.25, 0.3) is 16.5 Å². The normalized spacial score (nSPS) is 16.1. The van der Waals surface area contributed by atoms with E-state index in [0.717, 1.165) is 42.1 Å². The van der Waals surface area contributed by atoms with Crippen molar-refractivity contribution in [2.24, 2.45) is 0 Å². The molecule has 1 aliphatic rings. The van der Waals surface area contributed by atoms with Gasteiger partial charge in [-0.2, -0.15) is 0 Å². The van der Waals surface area contributed by atoms with E-state index in [2.05, 4.69) is 42.2 Å². The zero-order valence-corrected chi connectivity index (χ0v) is 16.6. The minimum Gasteiger partial charge on any atom is -0.337 e. The third-order valence-electron chi connectivity index (χ3n) is 5.76. The van der Waals surface area contributed by atoms with Crippen molar-refractivity contribution in [3.63, 3.8) is 0 Å². The van der Waals surface area contributed by atoms with Crippen LogP contribution in [0.15, 0.2) is 49.0 Å². The van der Waals surface area contributed by atoms with Gasteiger partial charge >= 0.3 is 0 Å². The van der Waals surface area contributed by atoms with Crippen molar-refractivity contribution >= 4 is 28.1 Å². The number of nitrogens with zero attached hydrogens (tertiary/aromatic N) is 2. The van der Waals surface area contributed by atoms with E-state index in [1.54, 1.807) is 0 Å². The predicted molar refractivity (Wildman–Crippen MR) is 112 cm³/mol. The van der Waals surface area contributed by atoms with Crippen molar-refractivity contribution in [2.45, 2.75) is 25.8 Å². The van der Waals surface area contributed by atoms with Gasteiger partial charge in [0.1, 0.15) is 5.82 Å². The molecule has 0 fully saturated rings. The third-order valence-corrected chi connectivity index (χ3v) is 6.00. The van der Waals surface area contributed by atoms with Crippen molar-refractivity contribution in [2.75, 3.05) is 20.1 Å². The van der Waals surface area contributed by atoms with Crippen molar-refractivity contribution in [3.8, 4) is 0 Å². The first-order valence-corrected chi connectivity index (χ1v) is 9.78. The van der Waals surface area contributed by atoms with Crippen LogP contribution in [0.3, 0.4) is 0 Å². The average Bonchev–Trinajstić information content (AvgIpc) is 2.83. The Morgan fingerprint density at radius 1 is 1.11 bits per heavy atom. The Balaban J connectivity index is 1.85. The molecule has 0 bridgehead atoms. The highest BCUT2D eigenvalue weighted by Crippen LogP contribution is 2.37. The largest absolute Gasteiger partial charge is 0.337 e. The molecule has 0 aliphatic carbocycles. The van der Waals surface area contributed by atoms with E-state index in [0.29, 0.717) is 0 Å². The number of benzene rings is 2. The second kappa shape index (κ2) is 7.14. The van der Waals surface area contributed by atoms with Crippen molar-refractivity contribution in [1.29, 1.82) is 0 Å². The lowest BCUT2D eigenvalue weighted by molar-refractivity contribution is 0.350. The lowest BCUT2D eigenvalue weighted by Crippen LogP contribution is -2.21. The summed E-state index contributed by atoms with van der Waals surface area (Å²) in [7, 11) is 2.17. The summed E-state index contributed by atoms with van der Waals surface area (Å²) in [6.45, 7) is 8.60. The smallest absolute Gasteiger partial charge is 0.123 e. The van der Waals surface area contributed by atoms with Crippen LogP contribution in [0.4, 0.5) is 4.39 Å². The summed E-state index contributed by atoms with van der Waals surface area (Å²) in [4.78, 5) is 2.38. The SMILES string of the molecule is C=C(c1ccc(F)cc1)C(C)n1c2c(c3cc(Cl)ccc31)CCN(C)CC2. The van der Waals surface area contributed by atoms with Gasteiger partial charge in [-0.25, -0.2) is 4.39 Å². The Morgan fingerprint density at radius 2 is 1.81 bits per heavy atom. The van der Waals surface area contributed by atoms with Crippen LogP contribution >= 0.6 is 11.6 Å². The number of hydrogen-bond donors (Lipinski definition) is 0. The van der Waals surface area contributed by atoms with Crippen LogP contribution in [0.5, 0.6) is 0 Å². The summed E-state index contributed by atoms with van der Waals surface area (Å²) >= 11 is 6.32. The fourth-order valence-corrected chi connectivity index (χ4v) is 4.34. The predicted octanol–water partition coefficient (Wildman–Crippen LogP) is 5.74. The maximum atomic E-state index is 13.3. The van der Waals surface area contributed by atoms with Gasteiger partial charge in [0.25, 0.3) is 0 Å². The summed E-state index contributed by atoms with van der Waals surface area (Å²) < 4.78 is 15.7. The average molecular weight is 383 g/mol. The summed E-state index contributed by atoms with van der Waals surface area (Å²) in [6.07, 6.45) is 2.02. The fourth-order valence-electron chi connectivity index (χ4n) is 4.17. The van der Waals surface area contributed by atoms with Crippen LogP contribution in [0, 0.1) is 5.82 Å². The van der Waals surface area contributed by atoms with Crippen molar-refractivity contribution in [3.05, 3.63) is 76.7 Å². The van der Waals surface area contributed by atoms with E-state index in [1.165, 1.54) is 34.3 Å². The first kappa shape index (κ1) is 18.3. The van der Waals surface area contributed by atoms with Crippen LogP contribution in [0.2, 0.25) is 5.02 Å². The van der Waals surface area contributed by atoms with E-state index >= 15 is 0 Å². The van der Waals surface area contributed by atoms with Gasteiger partial charge < -0.3 is 9.47 Å². The molecule has 1 atom stereocenters. The van der Waals surface area contributed by atoms with Crippen molar-refractivity contribution in [1.82, 2.24) is 9.47 Å². The molecule has 0 N–H and O–H groups in total. The highest BCUT2D eigenvalue weighted by Gasteiger charge is 2.24. The first-order valence-electron chi connectivity index (χ1n) is 9.40. The topological polar surface area (TPSA) is 8.17 Å². The van der Waals surface area contributed by atoms with Gasteiger partial charge in [-0.05, 0) is 67.4 Å². The zero-order chi connectivity index (χ0) is 19.1. The van der Waals surface area contributed by atoms with E-state index in [-0.39, 0.29) is 11.9 Å². The molecule has 27 heavy (non-hydrogen) atoms. The number of allylic oxidation sites excluding steroid dienone is 1. The molecule has 1 aliphatic heterocycles. The van der Waals surface area contributed by atoms with Gasteiger partial charge in [-0.1, -0.05) is 30.3 Å². The number of fused-ring (bicyclic) bond motifs is 3. The van der Waals surface area contributed by atoms with E-state index in [4.69, 9.17) is 11.6 Å². The Labute approximate surface area is 164 Å². The Kier molecular flexibility index (Phi) is 4.83. The maximum absolute atomic E-state index is 13.3. The van der Waals surface area contributed by atoms with E-state index < -0.39 is 0 Å². The standard InChI is InChI=1S/C23H24ClFN2/c1-15(17-4-7-19(25)8-5-17)16(2)27-22-9-6-18(24)14-21(22)20-10-12-26(3)13-11-23(20)27/h4-9,14,16H,1,10-13H2,2-3H3. The first-order chi connectivity index (χ1) is 13.0. The summed E-state index contributed by atoms with van der Waals surface area (Å²) in [5, 5.41) is 2.01. The van der Waals surface area contributed by atoms with Crippen LogP contribution in [-0.4, -0.2) is 29.6 Å². The molecule has 0 amide bonds. The molecule has 0 saturated carbocycles. The monoisotopic (exact) mass is 382 g/mol. The minimum absolute atomic E-state index is 0.0753. The molecular formula is C23H24ClFN2. The number of hydrogen-bond acceptors (Lipinski definition) is 1. The number of halogens is 2. The molecule has 1 aromatic heterocycles. The Bertz CT molecular complexity index is 1000. The van der Waals surface area contributed by atoms with Crippen LogP contribution in [0.1, 0.15) is 29.8 Å². The quantitative estimate of drug-likeness (QED) is 0.560. The van der Waals surface area contributed by atoms with Gasteiger partial charge in [-0.15, -0.1) is 0 Å². The summed E-state index contributed by atoms with van der Waals surface area (Å²) in [6, 6.07) is 12.8. The summed E-state index contributed by atoms with van der Waals surface area (Å²) in [5.74, 6) is -0.225. The number of aromatic nitrogens is 1. The molecular weight excluding hydrogens is 359 g/mol. The molecule has 140 valence electrons. The molecule has 2 heterocycles. The van der Waals surface area contributed by atoms with Gasteiger partial charge in [0.05, 0.1) is 6.04 Å². The van der Waals surface area contributed by atoms with Crippen molar-refractivity contribution < 1.29 is 4.39 Å². The summed E-state index contributed by atoms with van der Waals surface area (Å²) in [5.41, 5.74) is 5.93. The molecule has 0 saturated heterocycles. The third kappa shape index (κ3) is 3.30. The lowest BCUT2D eigenvalue weighted by atomic mass is 10.0. The fraction of sp³-hybridized carbons (Fsp3) is 0.304. The molecule has 2 aromatic carbocycles. The molecule has 1 unspecified atom stereocenters. The van der Waals surface area contributed by atoms with Gasteiger partial charge in [-0.3, -0.25) is 0 Å². The minimum atomic E-state index is -0.225. The molecule has 3 aromatic rings. The lowest BCUT2D eigenvalue weighted by Gasteiger charge is -2.22. The van der Waals surface area contributed by atoms with E-state index in [9.17, 15) is 4.39 Å². The Morgan fingerprint density at radius 3 is 2.56 bits per heavy atom. The molecule has 0 radical (unpaired) electrons. The second-order valence-electron chi connectivity index (χ2n) is 7.47. The van der Waals surface area contributed by atoms with Crippen LogP contribution < -0.4 is 0 Å². The molecule has 4 rings (SSSR count). The number of rotatable bonds is 3. The highest BCUT2D eigenvalue weighted by molar-refractivity contribution is 6.31. The van der Waals surface area contributed by atoms with Gasteiger partial charge in [0.15, 0.2) is 0 Å². The van der Waals surface area contributed by atoms with Gasteiger partial charge in [0, 0.05) is 41.1 Å². The molecule has 0 spiro atoms. The molecule has 4 heteroatoms. The maximum Gasteiger partial charge on any atom is 0.123 e. The molecule has 2 nitrogen and oxygen atoms in total. The Hall–Kier alpha value is -2.10.